The first kappa shape index (κ1) is 18.1. The summed E-state index contributed by atoms with van der Waals surface area (Å²) in [5, 5.41) is 14.1. The number of piperidine rings is 1. The molecule has 0 aromatic heterocycles. The molecule has 25 heavy (non-hydrogen) atoms. The standard InChI is InChI=1S/C20H30N3O2/c1-15-10-12-23(13-11-15)18-8-6-17(7-9-18)21-20(25)22(2)14-16-4-3-5-19(16)24/h6-9,15-16,19,24H,3-5,10-14H2,1-2H3. The summed E-state index contributed by atoms with van der Waals surface area (Å²) < 4.78 is 0. The molecule has 2 unspecified atom stereocenters. The Hall–Kier alpha value is -1.75. The van der Waals surface area contributed by atoms with Gasteiger partial charge in [-0.3, -0.25) is 0 Å². The molecule has 1 radical (unpaired) electrons. The lowest BCUT2D eigenvalue weighted by atomic mass is 9.99. The molecule has 3 rings (SSSR count). The maximum Gasteiger partial charge on any atom is 0.343 e. The van der Waals surface area contributed by atoms with Crippen LogP contribution >= 0.6 is 0 Å². The molecule has 1 aliphatic carbocycles. The van der Waals surface area contributed by atoms with Gasteiger partial charge in [0.05, 0.1) is 11.8 Å². The van der Waals surface area contributed by atoms with Crippen LogP contribution < -0.4 is 10.2 Å². The molecular formula is C20H30N3O2. The molecule has 5 nitrogen and oxygen atoms in total. The molecule has 1 aliphatic heterocycles. The van der Waals surface area contributed by atoms with E-state index in [1.807, 2.05) is 12.1 Å². The number of aliphatic hydroxyl groups is 1. The van der Waals surface area contributed by atoms with Gasteiger partial charge in [0.15, 0.2) is 0 Å². The van der Waals surface area contributed by atoms with Crippen molar-refractivity contribution in [2.45, 2.75) is 45.1 Å². The fourth-order valence-electron chi connectivity index (χ4n) is 3.86. The third kappa shape index (κ3) is 4.66. The maximum atomic E-state index is 12.3. The first-order valence-electron chi connectivity index (χ1n) is 9.53. The van der Waals surface area contributed by atoms with Gasteiger partial charge in [0.2, 0.25) is 0 Å². The van der Waals surface area contributed by atoms with Crippen LogP contribution in [-0.2, 0) is 0 Å². The molecule has 1 aromatic carbocycles. The summed E-state index contributed by atoms with van der Waals surface area (Å²) in [7, 11) is 1.76. The molecule has 2 fully saturated rings. The molecule has 0 spiro atoms. The lowest BCUT2D eigenvalue weighted by Gasteiger charge is -2.32. The number of anilines is 1. The van der Waals surface area contributed by atoms with Crippen molar-refractivity contribution in [2.24, 2.45) is 11.8 Å². The summed E-state index contributed by atoms with van der Waals surface area (Å²) in [5.41, 5.74) is 1.90. The highest BCUT2D eigenvalue weighted by Crippen LogP contribution is 2.27. The van der Waals surface area contributed by atoms with Crippen LogP contribution in [0.5, 0.6) is 0 Å². The van der Waals surface area contributed by atoms with Crippen molar-refractivity contribution < 1.29 is 9.90 Å². The van der Waals surface area contributed by atoms with E-state index in [4.69, 9.17) is 0 Å². The predicted octanol–water partition coefficient (Wildman–Crippen LogP) is 3.37. The molecule has 2 atom stereocenters. The lowest BCUT2D eigenvalue weighted by Crippen LogP contribution is -2.37. The molecule has 2 amide bonds. The van der Waals surface area contributed by atoms with Crippen molar-refractivity contribution in [2.75, 3.05) is 31.6 Å². The second kappa shape index (κ2) is 8.09. The van der Waals surface area contributed by atoms with E-state index >= 15 is 0 Å². The van der Waals surface area contributed by atoms with Gasteiger partial charge in [0, 0.05) is 38.3 Å². The van der Waals surface area contributed by atoms with Crippen molar-refractivity contribution in [3.8, 4) is 0 Å². The average molecular weight is 344 g/mol. The zero-order valence-electron chi connectivity index (χ0n) is 15.4. The second-order valence-corrected chi connectivity index (χ2v) is 7.72. The van der Waals surface area contributed by atoms with Gasteiger partial charge in [-0.25, -0.2) is 4.79 Å². The van der Waals surface area contributed by atoms with Crippen LogP contribution in [0.3, 0.4) is 0 Å². The quantitative estimate of drug-likeness (QED) is 0.911. The number of rotatable bonds is 4. The van der Waals surface area contributed by atoms with Gasteiger partial charge in [-0.1, -0.05) is 13.3 Å². The van der Waals surface area contributed by atoms with Crippen molar-refractivity contribution in [3.05, 3.63) is 24.3 Å². The molecule has 1 N–H and O–H groups in total. The fraction of sp³-hybridized carbons (Fsp3) is 0.650. The first-order valence-corrected chi connectivity index (χ1v) is 9.53. The molecule has 137 valence electrons. The molecule has 1 saturated carbocycles. The van der Waals surface area contributed by atoms with Crippen LogP contribution in [0.15, 0.2) is 24.3 Å². The van der Waals surface area contributed by atoms with E-state index in [1.165, 1.54) is 18.5 Å². The Morgan fingerprint density at radius 2 is 1.88 bits per heavy atom. The van der Waals surface area contributed by atoms with Gasteiger partial charge >= 0.3 is 6.03 Å². The molecular weight excluding hydrogens is 314 g/mol. The SMILES string of the molecule is CC1CCN(c2ccc([N]C(=O)N(C)CC3CCCC3O)cc2)CC1. The van der Waals surface area contributed by atoms with Gasteiger partial charge in [0.25, 0.3) is 0 Å². The predicted molar refractivity (Wildman–Crippen MR) is 100 cm³/mol. The third-order valence-electron chi connectivity index (χ3n) is 5.68. The zero-order chi connectivity index (χ0) is 17.8. The van der Waals surface area contributed by atoms with Crippen LogP contribution in [0.2, 0.25) is 0 Å². The fourth-order valence-corrected chi connectivity index (χ4v) is 3.86. The van der Waals surface area contributed by atoms with E-state index in [0.29, 0.717) is 12.2 Å². The molecule has 5 heteroatoms. The number of hydrogen-bond donors (Lipinski definition) is 1. The van der Waals surface area contributed by atoms with Crippen LogP contribution in [0, 0.1) is 11.8 Å². The van der Waals surface area contributed by atoms with E-state index in [9.17, 15) is 9.90 Å². The summed E-state index contributed by atoms with van der Waals surface area (Å²) in [6, 6.07) is 7.72. The van der Waals surface area contributed by atoms with Crippen molar-refractivity contribution >= 4 is 17.4 Å². The van der Waals surface area contributed by atoms with Crippen LogP contribution in [-0.4, -0.2) is 48.8 Å². The summed E-state index contributed by atoms with van der Waals surface area (Å²) in [4.78, 5) is 16.3. The zero-order valence-corrected chi connectivity index (χ0v) is 15.4. The van der Waals surface area contributed by atoms with Crippen molar-refractivity contribution in [1.82, 2.24) is 10.2 Å². The molecule has 1 heterocycles. The Labute approximate surface area is 151 Å². The highest BCUT2D eigenvalue weighted by atomic mass is 16.3. The number of hydrogen-bond acceptors (Lipinski definition) is 3. The van der Waals surface area contributed by atoms with E-state index in [1.54, 1.807) is 11.9 Å². The maximum absolute atomic E-state index is 12.3. The minimum Gasteiger partial charge on any atom is -0.393 e. The van der Waals surface area contributed by atoms with E-state index in [2.05, 4.69) is 29.3 Å². The van der Waals surface area contributed by atoms with E-state index in [-0.39, 0.29) is 18.1 Å². The minimum absolute atomic E-state index is 0.188. The largest absolute Gasteiger partial charge is 0.393 e. The van der Waals surface area contributed by atoms with Crippen molar-refractivity contribution in [3.63, 3.8) is 0 Å². The second-order valence-electron chi connectivity index (χ2n) is 7.72. The summed E-state index contributed by atoms with van der Waals surface area (Å²) in [5.74, 6) is 1.00. The minimum atomic E-state index is -0.276. The average Bonchev–Trinajstić information content (AvgIpc) is 3.01. The van der Waals surface area contributed by atoms with Crippen LogP contribution in [0.4, 0.5) is 16.2 Å². The molecule has 2 aliphatic rings. The highest BCUT2D eigenvalue weighted by molar-refractivity contribution is 5.79. The number of benzene rings is 1. The Bertz CT molecular complexity index is 567. The van der Waals surface area contributed by atoms with Gasteiger partial charge < -0.3 is 14.9 Å². The Morgan fingerprint density at radius 1 is 1.20 bits per heavy atom. The number of carbonyl (C=O) groups excluding carboxylic acids is 1. The molecule has 1 aromatic rings. The van der Waals surface area contributed by atoms with Crippen LogP contribution in [0.1, 0.15) is 39.0 Å². The number of nitrogens with zero attached hydrogens (tertiary/aromatic N) is 3. The normalized spacial score (nSPS) is 24.4. The smallest absolute Gasteiger partial charge is 0.343 e. The van der Waals surface area contributed by atoms with E-state index in [0.717, 1.165) is 38.3 Å². The number of carbonyl (C=O) groups is 1. The Kier molecular flexibility index (Phi) is 5.84. The van der Waals surface area contributed by atoms with Gasteiger partial charge in [-0.15, -0.1) is 0 Å². The van der Waals surface area contributed by atoms with Crippen molar-refractivity contribution in [1.29, 1.82) is 0 Å². The number of aliphatic hydroxyl groups excluding tert-OH is 1. The third-order valence-corrected chi connectivity index (χ3v) is 5.68. The summed E-state index contributed by atoms with van der Waals surface area (Å²) in [6.45, 7) is 5.09. The van der Waals surface area contributed by atoms with Gasteiger partial charge in [-0.05, 0) is 55.9 Å². The van der Waals surface area contributed by atoms with Crippen LogP contribution in [0.25, 0.3) is 0 Å². The Balaban J connectivity index is 1.51. The monoisotopic (exact) mass is 344 g/mol. The van der Waals surface area contributed by atoms with E-state index < -0.39 is 0 Å². The molecule has 1 saturated heterocycles. The lowest BCUT2D eigenvalue weighted by molar-refractivity contribution is 0.114. The Morgan fingerprint density at radius 3 is 2.48 bits per heavy atom. The topological polar surface area (TPSA) is 57.9 Å². The number of urea groups is 1. The highest BCUT2D eigenvalue weighted by Gasteiger charge is 2.27. The summed E-state index contributed by atoms with van der Waals surface area (Å²) >= 11 is 0. The summed E-state index contributed by atoms with van der Waals surface area (Å²) in [6.07, 6.45) is 5.08. The van der Waals surface area contributed by atoms with Gasteiger partial charge in [0.1, 0.15) is 0 Å². The molecule has 0 bridgehead atoms. The number of amides is 2. The van der Waals surface area contributed by atoms with Gasteiger partial charge in [-0.2, -0.15) is 5.32 Å². The first-order chi connectivity index (χ1) is 12.0.